The highest BCUT2D eigenvalue weighted by atomic mass is 32.2. The third-order valence-corrected chi connectivity index (χ3v) is 5.46. The lowest BCUT2D eigenvalue weighted by Gasteiger charge is -2.12. The molecule has 1 atom stereocenters. The van der Waals surface area contributed by atoms with E-state index in [2.05, 4.69) is 10.5 Å². The fraction of sp³-hybridized carbons (Fsp3) is 0.375. The minimum absolute atomic E-state index is 0.242. The Morgan fingerprint density at radius 2 is 2.00 bits per heavy atom. The molecule has 0 aliphatic heterocycles. The van der Waals surface area contributed by atoms with Gasteiger partial charge in [-0.15, -0.1) is 0 Å². The van der Waals surface area contributed by atoms with Gasteiger partial charge in [0.25, 0.3) is 0 Å². The highest BCUT2D eigenvalue weighted by molar-refractivity contribution is 7.92. The van der Waals surface area contributed by atoms with Crippen molar-refractivity contribution in [1.29, 1.82) is 0 Å². The largest absolute Gasteiger partial charge is 0.360 e. The van der Waals surface area contributed by atoms with E-state index in [-0.39, 0.29) is 11.5 Å². The SMILES string of the molecule is Cc1cc(CS(=O)(=O)[C@@H](C)C(=O)NCCc2ccccc2)on1. The number of aryl methyl sites for hydroxylation is 1. The predicted octanol–water partition coefficient (Wildman–Crippen LogP) is 1.65. The van der Waals surface area contributed by atoms with Gasteiger partial charge in [0.05, 0.1) is 5.69 Å². The molecule has 0 spiro atoms. The molecule has 6 nitrogen and oxygen atoms in total. The Kier molecular flexibility index (Phi) is 5.54. The molecule has 7 heteroatoms. The molecule has 0 radical (unpaired) electrons. The van der Waals surface area contributed by atoms with Crippen LogP contribution in [0.2, 0.25) is 0 Å². The summed E-state index contributed by atoms with van der Waals surface area (Å²) in [7, 11) is -3.64. The van der Waals surface area contributed by atoms with Gasteiger partial charge in [-0.25, -0.2) is 8.42 Å². The van der Waals surface area contributed by atoms with E-state index in [9.17, 15) is 13.2 Å². The van der Waals surface area contributed by atoms with E-state index in [1.54, 1.807) is 13.0 Å². The van der Waals surface area contributed by atoms with Gasteiger partial charge in [-0.1, -0.05) is 35.5 Å². The Labute approximate surface area is 135 Å². The van der Waals surface area contributed by atoms with Crippen LogP contribution < -0.4 is 5.32 Å². The van der Waals surface area contributed by atoms with Crippen LogP contribution in [0.15, 0.2) is 40.9 Å². The number of hydrogen-bond donors (Lipinski definition) is 1. The quantitative estimate of drug-likeness (QED) is 0.830. The molecular weight excluding hydrogens is 316 g/mol. The summed E-state index contributed by atoms with van der Waals surface area (Å²) in [5.41, 5.74) is 1.69. The van der Waals surface area contributed by atoms with Crippen molar-refractivity contribution in [3.05, 3.63) is 53.4 Å². The van der Waals surface area contributed by atoms with Gasteiger partial charge in [0.15, 0.2) is 15.6 Å². The normalized spacial score (nSPS) is 12.8. The standard InChI is InChI=1S/C16H20N2O4S/c1-12-10-15(22-18-12)11-23(20,21)13(2)16(19)17-9-8-14-6-4-3-5-7-14/h3-7,10,13H,8-9,11H2,1-2H3,(H,17,19)/t13-/m0/s1. The van der Waals surface area contributed by atoms with Crippen molar-refractivity contribution in [3.8, 4) is 0 Å². The van der Waals surface area contributed by atoms with Crippen molar-refractivity contribution in [1.82, 2.24) is 10.5 Å². The first-order valence-corrected chi connectivity index (χ1v) is 9.05. The highest BCUT2D eigenvalue weighted by Gasteiger charge is 2.29. The Balaban J connectivity index is 1.88. The third kappa shape index (κ3) is 4.92. The second-order valence-electron chi connectivity index (χ2n) is 5.41. The first-order valence-electron chi connectivity index (χ1n) is 7.34. The van der Waals surface area contributed by atoms with Crippen LogP contribution >= 0.6 is 0 Å². The maximum atomic E-state index is 12.2. The van der Waals surface area contributed by atoms with Crippen LogP contribution in [0.4, 0.5) is 0 Å². The molecule has 2 rings (SSSR count). The lowest BCUT2D eigenvalue weighted by atomic mass is 10.1. The van der Waals surface area contributed by atoms with Crippen LogP contribution in [-0.4, -0.2) is 31.3 Å². The van der Waals surface area contributed by atoms with Crippen LogP contribution in [0.1, 0.15) is 23.9 Å². The first kappa shape index (κ1) is 17.2. The number of carbonyl (C=O) groups is 1. The Morgan fingerprint density at radius 1 is 1.30 bits per heavy atom. The average Bonchev–Trinajstić information content (AvgIpc) is 2.91. The van der Waals surface area contributed by atoms with Gasteiger partial charge in [-0.2, -0.15) is 0 Å². The zero-order chi connectivity index (χ0) is 16.9. The van der Waals surface area contributed by atoms with E-state index in [4.69, 9.17) is 4.52 Å². The molecule has 0 aliphatic rings. The second-order valence-corrected chi connectivity index (χ2v) is 7.73. The average molecular weight is 336 g/mol. The fourth-order valence-electron chi connectivity index (χ4n) is 2.09. The van der Waals surface area contributed by atoms with E-state index in [0.29, 0.717) is 18.7 Å². The topological polar surface area (TPSA) is 89.3 Å². The summed E-state index contributed by atoms with van der Waals surface area (Å²) in [5.74, 6) is -0.593. The zero-order valence-corrected chi connectivity index (χ0v) is 14.0. The molecular formula is C16H20N2O4S. The molecule has 23 heavy (non-hydrogen) atoms. The van der Waals surface area contributed by atoms with E-state index < -0.39 is 21.0 Å². The van der Waals surface area contributed by atoms with Gasteiger partial charge >= 0.3 is 0 Å². The third-order valence-electron chi connectivity index (χ3n) is 3.48. The molecule has 1 N–H and O–H groups in total. The highest BCUT2D eigenvalue weighted by Crippen LogP contribution is 2.12. The molecule has 124 valence electrons. The Morgan fingerprint density at radius 3 is 2.61 bits per heavy atom. The molecule has 0 bridgehead atoms. The predicted molar refractivity (Wildman–Crippen MR) is 86.5 cm³/mol. The van der Waals surface area contributed by atoms with Gasteiger partial charge in [-0.05, 0) is 25.8 Å². The Bertz CT molecular complexity index is 753. The van der Waals surface area contributed by atoms with Crippen LogP contribution in [0, 0.1) is 6.92 Å². The number of amides is 1. The molecule has 1 heterocycles. The molecule has 2 aromatic rings. The molecule has 0 fully saturated rings. The summed E-state index contributed by atoms with van der Waals surface area (Å²) >= 11 is 0. The van der Waals surface area contributed by atoms with Crippen LogP contribution in [-0.2, 0) is 26.8 Å². The summed E-state index contributed by atoms with van der Waals surface area (Å²) in [4.78, 5) is 12.0. The maximum Gasteiger partial charge on any atom is 0.238 e. The van der Waals surface area contributed by atoms with E-state index in [1.165, 1.54) is 6.92 Å². The first-order chi connectivity index (χ1) is 10.9. The minimum Gasteiger partial charge on any atom is -0.360 e. The number of nitrogens with zero attached hydrogens (tertiary/aromatic N) is 1. The van der Waals surface area contributed by atoms with Crippen LogP contribution in [0.5, 0.6) is 0 Å². The van der Waals surface area contributed by atoms with Crippen molar-refractivity contribution in [2.24, 2.45) is 0 Å². The number of carbonyl (C=O) groups excluding carboxylic acids is 1. The molecule has 0 saturated carbocycles. The van der Waals surface area contributed by atoms with Crippen molar-refractivity contribution < 1.29 is 17.7 Å². The minimum atomic E-state index is -3.64. The number of sulfone groups is 1. The maximum absolute atomic E-state index is 12.2. The van der Waals surface area contributed by atoms with E-state index >= 15 is 0 Å². The van der Waals surface area contributed by atoms with Gasteiger partial charge in [0, 0.05) is 12.6 Å². The molecule has 1 amide bonds. The summed E-state index contributed by atoms with van der Waals surface area (Å²) in [6.07, 6.45) is 0.653. The number of hydrogen-bond acceptors (Lipinski definition) is 5. The van der Waals surface area contributed by atoms with Gasteiger partial charge in [-0.3, -0.25) is 4.79 Å². The van der Waals surface area contributed by atoms with Crippen molar-refractivity contribution in [2.75, 3.05) is 6.54 Å². The number of aromatic nitrogens is 1. The lowest BCUT2D eigenvalue weighted by molar-refractivity contribution is -0.120. The number of benzene rings is 1. The Hall–Kier alpha value is -2.15. The molecule has 1 aromatic carbocycles. The van der Waals surface area contributed by atoms with E-state index in [1.807, 2.05) is 30.3 Å². The summed E-state index contributed by atoms with van der Waals surface area (Å²) < 4.78 is 29.4. The van der Waals surface area contributed by atoms with Gasteiger partial charge in [0.2, 0.25) is 5.91 Å². The smallest absolute Gasteiger partial charge is 0.238 e. The molecule has 0 saturated heterocycles. The van der Waals surface area contributed by atoms with Gasteiger partial charge in [0.1, 0.15) is 11.0 Å². The molecule has 0 unspecified atom stereocenters. The second kappa shape index (κ2) is 7.41. The summed E-state index contributed by atoms with van der Waals surface area (Å²) in [6.45, 7) is 3.49. The van der Waals surface area contributed by atoms with Gasteiger partial charge < -0.3 is 9.84 Å². The fourth-order valence-corrected chi connectivity index (χ4v) is 3.28. The number of nitrogens with one attached hydrogen (secondary N) is 1. The van der Waals surface area contributed by atoms with Crippen LogP contribution in [0.25, 0.3) is 0 Å². The zero-order valence-electron chi connectivity index (χ0n) is 13.2. The van der Waals surface area contributed by atoms with Crippen LogP contribution in [0.3, 0.4) is 0 Å². The number of rotatable bonds is 7. The summed E-state index contributed by atoms with van der Waals surface area (Å²) in [5, 5.41) is 5.18. The monoisotopic (exact) mass is 336 g/mol. The van der Waals surface area contributed by atoms with Crippen molar-refractivity contribution in [3.63, 3.8) is 0 Å². The molecule has 1 aromatic heterocycles. The van der Waals surface area contributed by atoms with Crippen molar-refractivity contribution >= 4 is 15.7 Å². The molecule has 0 aliphatic carbocycles. The summed E-state index contributed by atoms with van der Waals surface area (Å²) in [6, 6.07) is 11.2. The van der Waals surface area contributed by atoms with E-state index in [0.717, 1.165) is 5.56 Å². The van der Waals surface area contributed by atoms with Crippen molar-refractivity contribution in [2.45, 2.75) is 31.3 Å². The lowest BCUT2D eigenvalue weighted by Crippen LogP contribution is -2.39.